The molecule has 2 rings (SSSR count). The second kappa shape index (κ2) is 6.61. The van der Waals surface area contributed by atoms with Gasteiger partial charge in [-0.15, -0.1) is 0 Å². The molecule has 2 aliphatic heterocycles. The largest absolute Gasteiger partial charge is 0.296 e. The lowest BCUT2D eigenvalue weighted by molar-refractivity contribution is -0.00199. The van der Waals surface area contributed by atoms with E-state index in [-0.39, 0.29) is 11.1 Å². The summed E-state index contributed by atoms with van der Waals surface area (Å²) in [4.78, 5) is 2.52. The number of hydrogen-bond acceptors (Lipinski definition) is 2. The molecule has 0 N–H and O–H groups in total. The minimum Gasteiger partial charge on any atom is -0.296 e. The lowest BCUT2D eigenvalue weighted by atomic mass is 9.80. The summed E-state index contributed by atoms with van der Waals surface area (Å²) in [6.07, 6.45) is 7.77. The van der Waals surface area contributed by atoms with Crippen LogP contribution < -0.4 is 0 Å². The molecule has 0 radical (unpaired) electrons. The molecule has 2 nitrogen and oxygen atoms in total. The maximum absolute atomic E-state index is 6.23. The van der Waals surface area contributed by atoms with E-state index < -0.39 is 0 Å². The Morgan fingerprint density at radius 3 is 1.09 bits per heavy atom. The fraction of sp³-hybridized carbons (Fsp3) is 1.00. The highest BCUT2D eigenvalue weighted by Crippen LogP contribution is 2.39. The fourth-order valence-corrected chi connectivity index (χ4v) is 4.25. The summed E-state index contributed by atoms with van der Waals surface area (Å²) in [5.41, 5.74) is 1.15. The van der Waals surface area contributed by atoms with Gasteiger partial charge in [-0.2, -0.15) is 0 Å². The molecule has 0 aliphatic carbocycles. The lowest BCUT2D eigenvalue weighted by Crippen LogP contribution is -2.56. The van der Waals surface area contributed by atoms with Gasteiger partial charge in [0.15, 0.2) is 0 Å². The number of hydrogen-bond donors (Lipinski definition) is 0. The van der Waals surface area contributed by atoms with E-state index in [1.165, 1.54) is 38.5 Å². The maximum Gasteiger partial charge on any atom is 0.0312 e. The molecule has 0 unspecified atom stereocenters. The van der Waals surface area contributed by atoms with E-state index in [2.05, 4.69) is 67.3 Å². The molecule has 0 amide bonds. The number of halogens is 1. The molecule has 132 valence electrons. The molecule has 22 heavy (non-hydrogen) atoms. The third-order valence-corrected chi connectivity index (χ3v) is 6.95. The van der Waals surface area contributed by atoms with Crippen LogP contribution in [0, 0.1) is 0 Å². The van der Waals surface area contributed by atoms with Crippen LogP contribution in [0.4, 0.5) is 0 Å². The van der Waals surface area contributed by atoms with E-state index >= 15 is 0 Å². The second-order valence-corrected chi connectivity index (χ2v) is 10.1. The first-order chi connectivity index (χ1) is 9.72. The van der Waals surface area contributed by atoms with E-state index in [0.717, 1.165) is 0 Å². The standard InChI is InChI=1S/C10H21N.C9H18ClN/c1-9(2)7-6-8-10(3,4)11(9)5;1-8(2)6-5-7-9(3,4)11(8)10/h6-8H2,1-5H3;5-7H2,1-4H3. The van der Waals surface area contributed by atoms with Gasteiger partial charge in [-0.3, -0.25) is 4.90 Å². The number of rotatable bonds is 0. The Bertz CT molecular complexity index is 304. The monoisotopic (exact) mass is 330 g/mol. The third-order valence-electron chi connectivity index (χ3n) is 6.03. The Balaban J connectivity index is 0.000000220. The Morgan fingerprint density at radius 1 is 0.591 bits per heavy atom. The zero-order valence-corrected chi connectivity index (χ0v) is 17.3. The lowest BCUT2D eigenvalue weighted by Gasteiger charge is -2.50. The van der Waals surface area contributed by atoms with E-state index in [1.54, 1.807) is 0 Å². The molecule has 0 saturated carbocycles. The molecule has 0 aromatic carbocycles. The summed E-state index contributed by atoms with van der Waals surface area (Å²) in [7, 11) is 2.25. The Kier molecular flexibility index (Phi) is 6.08. The molecular weight excluding hydrogens is 292 g/mol. The molecule has 2 fully saturated rings. The summed E-state index contributed by atoms with van der Waals surface area (Å²) in [6.45, 7) is 18.2. The zero-order valence-electron chi connectivity index (χ0n) is 16.5. The molecule has 0 spiro atoms. The highest BCUT2D eigenvalue weighted by molar-refractivity contribution is 6.14. The molecule has 3 heteroatoms. The number of piperidine rings is 2. The van der Waals surface area contributed by atoms with Crippen LogP contribution in [0.2, 0.25) is 0 Å². The van der Waals surface area contributed by atoms with E-state index in [4.69, 9.17) is 11.8 Å². The normalized spacial score (nSPS) is 30.3. The average molecular weight is 331 g/mol. The van der Waals surface area contributed by atoms with Crippen LogP contribution in [-0.2, 0) is 0 Å². The SMILES string of the molecule is CC1(C)CCCC(C)(C)N1Cl.CN1C(C)(C)CCCC1(C)C. The van der Waals surface area contributed by atoms with Crippen molar-refractivity contribution in [2.45, 2.75) is 116 Å². The molecule has 2 aliphatic rings. The van der Waals surface area contributed by atoms with Gasteiger partial charge in [0.25, 0.3) is 0 Å². The minimum absolute atomic E-state index is 0.170. The van der Waals surface area contributed by atoms with Crippen molar-refractivity contribution >= 4 is 11.8 Å². The Labute approximate surface area is 144 Å². The van der Waals surface area contributed by atoms with Crippen LogP contribution in [0.15, 0.2) is 0 Å². The molecule has 2 heterocycles. The third kappa shape index (κ3) is 4.61. The second-order valence-electron chi connectivity index (χ2n) is 9.80. The van der Waals surface area contributed by atoms with Crippen molar-refractivity contribution < 1.29 is 0 Å². The smallest absolute Gasteiger partial charge is 0.0312 e. The van der Waals surface area contributed by atoms with Crippen molar-refractivity contribution in [3.05, 3.63) is 0 Å². The van der Waals surface area contributed by atoms with Gasteiger partial charge in [0.1, 0.15) is 0 Å². The first kappa shape index (κ1) is 20.3. The van der Waals surface area contributed by atoms with Crippen LogP contribution in [0.5, 0.6) is 0 Å². The maximum atomic E-state index is 6.23. The first-order valence-corrected chi connectivity index (χ1v) is 9.26. The van der Waals surface area contributed by atoms with Crippen molar-refractivity contribution in [1.29, 1.82) is 0 Å². The predicted octanol–water partition coefficient (Wildman–Crippen LogP) is 5.84. The van der Waals surface area contributed by atoms with Gasteiger partial charge in [0.2, 0.25) is 0 Å². The van der Waals surface area contributed by atoms with Gasteiger partial charge in [-0.05, 0) is 113 Å². The molecule has 0 bridgehead atoms. The summed E-state index contributed by atoms with van der Waals surface area (Å²) in [5, 5.41) is 0. The van der Waals surface area contributed by atoms with Gasteiger partial charge in [-0.1, -0.05) is 0 Å². The summed E-state index contributed by atoms with van der Waals surface area (Å²) in [5.74, 6) is 0. The summed E-state index contributed by atoms with van der Waals surface area (Å²) >= 11 is 6.23. The number of nitrogens with zero attached hydrogens (tertiary/aromatic N) is 2. The van der Waals surface area contributed by atoms with Gasteiger partial charge in [0.05, 0.1) is 0 Å². The molecule has 0 atom stereocenters. The number of likely N-dealkylation sites (tertiary alicyclic amines) is 1. The first-order valence-electron chi connectivity index (χ1n) is 8.92. The van der Waals surface area contributed by atoms with Crippen LogP contribution >= 0.6 is 11.8 Å². The van der Waals surface area contributed by atoms with Crippen molar-refractivity contribution in [2.75, 3.05) is 7.05 Å². The molecule has 2 saturated heterocycles. The highest BCUT2D eigenvalue weighted by atomic mass is 35.5. The van der Waals surface area contributed by atoms with E-state index in [0.29, 0.717) is 11.1 Å². The predicted molar refractivity (Wildman–Crippen MR) is 99.5 cm³/mol. The van der Waals surface area contributed by atoms with Gasteiger partial charge < -0.3 is 0 Å². The Hall–Kier alpha value is 0.210. The molecule has 0 aromatic rings. The summed E-state index contributed by atoms with van der Waals surface area (Å²) in [6, 6.07) is 0. The molecule has 0 aromatic heterocycles. The van der Waals surface area contributed by atoms with Crippen LogP contribution in [0.1, 0.15) is 93.9 Å². The van der Waals surface area contributed by atoms with Crippen LogP contribution in [0.25, 0.3) is 0 Å². The van der Waals surface area contributed by atoms with E-state index in [9.17, 15) is 0 Å². The average Bonchev–Trinajstić information content (AvgIpc) is 2.33. The summed E-state index contributed by atoms with van der Waals surface area (Å²) < 4.78 is 1.99. The quantitative estimate of drug-likeness (QED) is 0.514. The van der Waals surface area contributed by atoms with Crippen LogP contribution in [-0.4, -0.2) is 38.5 Å². The van der Waals surface area contributed by atoms with Gasteiger partial charge in [0, 0.05) is 22.2 Å². The minimum atomic E-state index is 0.170. The highest BCUT2D eigenvalue weighted by Gasteiger charge is 2.40. The van der Waals surface area contributed by atoms with Crippen molar-refractivity contribution in [1.82, 2.24) is 9.32 Å². The van der Waals surface area contributed by atoms with E-state index in [1.807, 2.05) is 4.42 Å². The fourth-order valence-electron chi connectivity index (χ4n) is 4.08. The van der Waals surface area contributed by atoms with Crippen molar-refractivity contribution in [2.24, 2.45) is 0 Å². The van der Waals surface area contributed by atoms with Gasteiger partial charge in [-0.25, -0.2) is 4.42 Å². The van der Waals surface area contributed by atoms with Crippen molar-refractivity contribution in [3.8, 4) is 0 Å². The Morgan fingerprint density at radius 2 is 0.864 bits per heavy atom. The molecular formula is C19H39ClN2. The zero-order chi connectivity index (χ0) is 17.4. The van der Waals surface area contributed by atoms with Gasteiger partial charge >= 0.3 is 0 Å². The topological polar surface area (TPSA) is 6.48 Å². The van der Waals surface area contributed by atoms with Crippen molar-refractivity contribution in [3.63, 3.8) is 0 Å². The van der Waals surface area contributed by atoms with Crippen LogP contribution in [0.3, 0.4) is 0 Å².